The third-order valence-corrected chi connectivity index (χ3v) is 3.52. The summed E-state index contributed by atoms with van der Waals surface area (Å²) >= 11 is 5.35. The van der Waals surface area contributed by atoms with Gasteiger partial charge in [-0.15, -0.1) is 0 Å². The van der Waals surface area contributed by atoms with Gasteiger partial charge in [0.1, 0.15) is 6.54 Å². The molecule has 104 valence electrons. The van der Waals surface area contributed by atoms with E-state index in [1.165, 1.54) is 5.01 Å². The van der Waals surface area contributed by atoms with Gasteiger partial charge in [-0.05, 0) is 29.9 Å². The second-order valence-electron chi connectivity index (χ2n) is 4.57. The van der Waals surface area contributed by atoms with E-state index in [0.717, 1.165) is 11.3 Å². The number of hydrogen-bond donors (Lipinski definition) is 0. The molecular formula is C16H13N3OS. The van der Waals surface area contributed by atoms with E-state index in [1.54, 1.807) is 11.1 Å². The maximum absolute atomic E-state index is 12.1. The molecule has 3 rings (SSSR count). The van der Waals surface area contributed by atoms with Crippen molar-refractivity contribution >= 4 is 35.1 Å². The Hall–Kier alpha value is -2.53. The minimum Gasteiger partial charge on any atom is -0.308 e. The molecule has 0 radical (unpaired) electrons. The van der Waals surface area contributed by atoms with Gasteiger partial charge >= 0.3 is 0 Å². The lowest BCUT2D eigenvalue weighted by Crippen LogP contribution is -2.29. The fourth-order valence-electron chi connectivity index (χ4n) is 2.08. The Morgan fingerprint density at radius 3 is 2.29 bits per heavy atom. The lowest BCUT2D eigenvalue weighted by molar-refractivity contribution is -0.124. The number of anilines is 1. The summed E-state index contributed by atoms with van der Waals surface area (Å²) in [4.78, 5) is 13.9. The number of carbonyl (C=O) groups excluding carboxylic acids is 1. The fraction of sp³-hybridized carbons (Fsp3) is 0.0625. The topological polar surface area (TPSA) is 35.9 Å². The number of amides is 1. The molecule has 4 nitrogen and oxygen atoms in total. The van der Waals surface area contributed by atoms with Crippen molar-refractivity contribution in [1.29, 1.82) is 0 Å². The molecule has 2 aromatic rings. The molecule has 0 aliphatic carbocycles. The highest BCUT2D eigenvalue weighted by atomic mass is 32.1. The first-order valence-corrected chi connectivity index (χ1v) is 6.95. The van der Waals surface area contributed by atoms with Crippen LogP contribution in [-0.4, -0.2) is 28.8 Å². The van der Waals surface area contributed by atoms with Crippen LogP contribution in [0.25, 0.3) is 0 Å². The van der Waals surface area contributed by atoms with Crippen LogP contribution in [0.2, 0.25) is 0 Å². The number of para-hydroxylation sites is 1. The average Bonchev–Trinajstić information content (AvgIpc) is 2.82. The monoisotopic (exact) mass is 295 g/mol. The van der Waals surface area contributed by atoms with Crippen molar-refractivity contribution in [3.05, 3.63) is 66.2 Å². The molecule has 1 heterocycles. The van der Waals surface area contributed by atoms with Crippen LogP contribution in [0, 0.1) is 0 Å². The fourth-order valence-corrected chi connectivity index (χ4v) is 2.40. The van der Waals surface area contributed by atoms with Gasteiger partial charge in [0.05, 0.1) is 6.21 Å². The normalized spacial score (nSPS) is 15.2. The molecule has 21 heavy (non-hydrogen) atoms. The van der Waals surface area contributed by atoms with Gasteiger partial charge < -0.3 is 4.90 Å². The zero-order valence-corrected chi connectivity index (χ0v) is 12.0. The molecule has 1 fully saturated rings. The van der Waals surface area contributed by atoms with Crippen molar-refractivity contribution in [2.75, 3.05) is 11.4 Å². The number of benzene rings is 2. The molecular weight excluding hydrogens is 282 g/mol. The van der Waals surface area contributed by atoms with Crippen molar-refractivity contribution in [1.82, 2.24) is 5.01 Å². The van der Waals surface area contributed by atoms with Crippen LogP contribution in [0.1, 0.15) is 5.56 Å². The lowest BCUT2D eigenvalue weighted by Gasteiger charge is -2.17. The highest BCUT2D eigenvalue weighted by molar-refractivity contribution is 7.80. The molecule has 0 spiro atoms. The van der Waals surface area contributed by atoms with Gasteiger partial charge in [0.15, 0.2) is 0 Å². The van der Waals surface area contributed by atoms with E-state index in [-0.39, 0.29) is 12.5 Å². The molecule has 2 aromatic carbocycles. The summed E-state index contributed by atoms with van der Waals surface area (Å²) in [5, 5.41) is 5.88. The van der Waals surface area contributed by atoms with Gasteiger partial charge in [-0.3, -0.25) is 4.79 Å². The standard InChI is InChI=1S/C16H13N3OS/c20-15-12-18(14-9-5-2-6-10-14)16(21)19(15)17-11-13-7-3-1-4-8-13/h1-11H,12H2/b17-11+. The van der Waals surface area contributed by atoms with Crippen molar-refractivity contribution in [3.63, 3.8) is 0 Å². The maximum Gasteiger partial charge on any atom is 0.269 e. The van der Waals surface area contributed by atoms with Gasteiger partial charge in [0.2, 0.25) is 5.11 Å². The molecule has 0 bridgehead atoms. The maximum atomic E-state index is 12.1. The van der Waals surface area contributed by atoms with E-state index in [1.807, 2.05) is 60.7 Å². The Bertz CT molecular complexity index is 685. The van der Waals surface area contributed by atoms with Crippen LogP contribution in [0.15, 0.2) is 65.8 Å². The van der Waals surface area contributed by atoms with Crippen LogP contribution in [0.3, 0.4) is 0 Å². The van der Waals surface area contributed by atoms with Crippen LogP contribution in [0.4, 0.5) is 5.69 Å². The predicted octanol–water partition coefficient (Wildman–Crippen LogP) is 2.65. The quantitative estimate of drug-likeness (QED) is 0.645. The van der Waals surface area contributed by atoms with Gasteiger partial charge in [-0.2, -0.15) is 10.1 Å². The Kier molecular flexibility index (Phi) is 3.75. The van der Waals surface area contributed by atoms with Crippen LogP contribution in [0.5, 0.6) is 0 Å². The van der Waals surface area contributed by atoms with Gasteiger partial charge in [-0.1, -0.05) is 48.5 Å². The zero-order valence-electron chi connectivity index (χ0n) is 11.2. The summed E-state index contributed by atoms with van der Waals surface area (Å²) in [7, 11) is 0. The second kappa shape index (κ2) is 5.85. The van der Waals surface area contributed by atoms with Gasteiger partial charge in [0.25, 0.3) is 5.91 Å². The molecule has 5 heteroatoms. The number of thiocarbonyl (C=S) groups is 1. The largest absolute Gasteiger partial charge is 0.308 e. The number of nitrogens with zero attached hydrogens (tertiary/aromatic N) is 3. The number of hydrazone groups is 1. The van der Waals surface area contributed by atoms with E-state index < -0.39 is 0 Å². The Labute approximate surface area is 128 Å². The second-order valence-corrected chi connectivity index (χ2v) is 4.93. The predicted molar refractivity (Wildman–Crippen MR) is 87.3 cm³/mol. The van der Waals surface area contributed by atoms with Crippen molar-refractivity contribution < 1.29 is 4.79 Å². The zero-order chi connectivity index (χ0) is 14.7. The lowest BCUT2D eigenvalue weighted by atomic mass is 10.2. The van der Waals surface area contributed by atoms with E-state index in [2.05, 4.69) is 5.10 Å². The molecule has 0 N–H and O–H groups in total. The van der Waals surface area contributed by atoms with Crippen LogP contribution < -0.4 is 4.90 Å². The van der Waals surface area contributed by atoms with Crippen LogP contribution >= 0.6 is 12.2 Å². The van der Waals surface area contributed by atoms with E-state index in [4.69, 9.17) is 12.2 Å². The van der Waals surface area contributed by atoms with Gasteiger partial charge in [-0.25, -0.2) is 0 Å². The molecule has 0 saturated carbocycles. The minimum atomic E-state index is -0.129. The Balaban J connectivity index is 1.80. The summed E-state index contributed by atoms with van der Waals surface area (Å²) in [5.74, 6) is -0.129. The Morgan fingerprint density at radius 2 is 1.62 bits per heavy atom. The minimum absolute atomic E-state index is 0.129. The number of rotatable bonds is 3. The van der Waals surface area contributed by atoms with E-state index >= 15 is 0 Å². The molecule has 1 aliphatic heterocycles. The summed E-state index contributed by atoms with van der Waals surface area (Å²) in [5.41, 5.74) is 1.82. The molecule has 1 aliphatic rings. The molecule has 0 aromatic heterocycles. The first kappa shape index (κ1) is 13.5. The highest BCUT2D eigenvalue weighted by Crippen LogP contribution is 2.20. The summed E-state index contributed by atoms with van der Waals surface area (Å²) in [6.07, 6.45) is 1.64. The first-order chi connectivity index (χ1) is 10.3. The summed E-state index contributed by atoms with van der Waals surface area (Å²) in [6.45, 7) is 0.217. The molecule has 0 unspecified atom stereocenters. The van der Waals surface area contributed by atoms with E-state index in [9.17, 15) is 4.79 Å². The highest BCUT2D eigenvalue weighted by Gasteiger charge is 2.33. The average molecular weight is 295 g/mol. The third kappa shape index (κ3) is 2.83. The van der Waals surface area contributed by atoms with Crippen molar-refractivity contribution in [3.8, 4) is 0 Å². The van der Waals surface area contributed by atoms with E-state index in [0.29, 0.717) is 5.11 Å². The first-order valence-electron chi connectivity index (χ1n) is 6.54. The molecule has 1 saturated heterocycles. The summed E-state index contributed by atoms with van der Waals surface area (Å²) in [6, 6.07) is 19.2. The Morgan fingerprint density at radius 1 is 1.00 bits per heavy atom. The smallest absolute Gasteiger partial charge is 0.269 e. The number of hydrogen-bond acceptors (Lipinski definition) is 3. The van der Waals surface area contributed by atoms with Gasteiger partial charge in [0, 0.05) is 5.69 Å². The molecule has 1 amide bonds. The van der Waals surface area contributed by atoms with Crippen LogP contribution in [-0.2, 0) is 4.79 Å². The summed E-state index contributed by atoms with van der Waals surface area (Å²) < 4.78 is 0. The number of carbonyl (C=O) groups is 1. The van der Waals surface area contributed by atoms with Crippen molar-refractivity contribution in [2.24, 2.45) is 5.10 Å². The third-order valence-electron chi connectivity index (χ3n) is 3.13. The SMILES string of the molecule is O=C1CN(c2ccccc2)C(=S)N1/N=C/c1ccccc1. The van der Waals surface area contributed by atoms with Crippen molar-refractivity contribution in [2.45, 2.75) is 0 Å². The molecule has 0 atom stereocenters.